The number of amides is 3. The number of hydrogen-bond acceptors (Lipinski definition) is 3. The standard InChI is InChI=1S/C14H16N2O3/c17-12(8-6-10-4-2-1-3-5-10)15-11-7-9-13(18)16-14(11)19/h1-5,11H,6-9H2,(H,15,17)(H,16,18,19). The highest BCUT2D eigenvalue weighted by Gasteiger charge is 2.27. The van der Waals surface area contributed by atoms with Crippen LogP contribution in [0.1, 0.15) is 24.8 Å². The number of aryl methyl sites for hydroxylation is 1. The Morgan fingerprint density at radius 1 is 1.26 bits per heavy atom. The Morgan fingerprint density at radius 3 is 2.68 bits per heavy atom. The molecule has 19 heavy (non-hydrogen) atoms. The maximum Gasteiger partial charge on any atom is 0.249 e. The molecule has 0 spiro atoms. The van der Waals surface area contributed by atoms with Gasteiger partial charge in [0.05, 0.1) is 0 Å². The third-order valence-corrected chi connectivity index (χ3v) is 3.06. The number of piperidine rings is 1. The number of rotatable bonds is 4. The Balaban J connectivity index is 1.78. The van der Waals surface area contributed by atoms with Gasteiger partial charge in [0, 0.05) is 12.8 Å². The molecule has 1 aliphatic heterocycles. The molecule has 1 aliphatic rings. The Hall–Kier alpha value is -2.17. The molecular formula is C14H16N2O3. The van der Waals surface area contributed by atoms with Crippen molar-refractivity contribution in [3.63, 3.8) is 0 Å². The van der Waals surface area contributed by atoms with Crippen LogP contribution < -0.4 is 10.6 Å². The average molecular weight is 260 g/mol. The van der Waals surface area contributed by atoms with Crippen LogP contribution in [0, 0.1) is 0 Å². The lowest BCUT2D eigenvalue weighted by molar-refractivity contribution is -0.137. The molecule has 1 fully saturated rings. The first kappa shape index (κ1) is 13.3. The lowest BCUT2D eigenvalue weighted by Crippen LogP contribution is -2.52. The molecule has 0 aromatic heterocycles. The molecule has 1 saturated heterocycles. The molecule has 1 unspecified atom stereocenters. The van der Waals surface area contributed by atoms with Crippen LogP contribution in [-0.4, -0.2) is 23.8 Å². The van der Waals surface area contributed by atoms with Crippen molar-refractivity contribution < 1.29 is 14.4 Å². The second kappa shape index (κ2) is 6.13. The van der Waals surface area contributed by atoms with Gasteiger partial charge in [-0.15, -0.1) is 0 Å². The number of nitrogens with one attached hydrogen (secondary N) is 2. The molecule has 1 atom stereocenters. The molecule has 100 valence electrons. The largest absolute Gasteiger partial charge is 0.344 e. The van der Waals surface area contributed by atoms with Gasteiger partial charge in [0.1, 0.15) is 6.04 Å². The smallest absolute Gasteiger partial charge is 0.249 e. The summed E-state index contributed by atoms with van der Waals surface area (Å²) in [5, 5.41) is 4.87. The van der Waals surface area contributed by atoms with E-state index in [-0.39, 0.29) is 18.2 Å². The van der Waals surface area contributed by atoms with Crippen molar-refractivity contribution in [2.24, 2.45) is 0 Å². The van der Waals surface area contributed by atoms with E-state index >= 15 is 0 Å². The number of carbonyl (C=O) groups is 3. The van der Waals surface area contributed by atoms with Crippen molar-refractivity contribution in [3.05, 3.63) is 35.9 Å². The zero-order chi connectivity index (χ0) is 13.7. The molecule has 1 heterocycles. The van der Waals surface area contributed by atoms with E-state index in [0.29, 0.717) is 19.3 Å². The SMILES string of the molecule is O=C1CCC(NC(=O)CCc2ccccc2)C(=O)N1. The average Bonchev–Trinajstić information content (AvgIpc) is 2.41. The third-order valence-electron chi connectivity index (χ3n) is 3.06. The fourth-order valence-corrected chi connectivity index (χ4v) is 2.00. The van der Waals surface area contributed by atoms with Gasteiger partial charge in [-0.1, -0.05) is 30.3 Å². The van der Waals surface area contributed by atoms with Gasteiger partial charge in [0.25, 0.3) is 0 Å². The molecule has 0 aliphatic carbocycles. The first-order valence-electron chi connectivity index (χ1n) is 6.32. The second-order valence-corrected chi connectivity index (χ2v) is 4.56. The van der Waals surface area contributed by atoms with E-state index in [4.69, 9.17) is 0 Å². The summed E-state index contributed by atoms with van der Waals surface area (Å²) < 4.78 is 0. The van der Waals surface area contributed by atoms with Crippen molar-refractivity contribution in [1.82, 2.24) is 10.6 Å². The van der Waals surface area contributed by atoms with Crippen molar-refractivity contribution in [3.8, 4) is 0 Å². The summed E-state index contributed by atoms with van der Waals surface area (Å²) in [5.74, 6) is -0.859. The predicted octanol–water partition coefficient (Wildman–Crippen LogP) is 0.541. The summed E-state index contributed by atoms with van der Waals surface area (Å²) in [6.45, 7) is 0. The summed E-state index contributed by atoms with van der Waals surface area (Å²) >= 11 is 0. The Morgan fingerprint density at radius 2 is 2.00 bits per heavy atom. The van der Waals surface area contributed by atoms with E-state index in [1.165, 1.54) is 0 Å². The molecule has 5 nitrogen and oxygen atoms in total. The maximum atomic E-state index is 11.7. The molecule has 2 N–H and O–H groups in total. The normalized spacial score (nSPS) is 18.8. The monoisotopic (exact) mass is 260 g/mol. The lowest BCUT2D eigenvalue weighted by atomic mass is 10.1. The van der Waals surface area contributed by atoms with Crippen molar-refractivity contribution in [2.45, 2.75) is 31.7 Å². The van der Waals surface area contributed by atoms with E-state index in [2.05, 4.69) is 10.6 Å². The quantitative estimate of drug-likeness (QED) is 0.776. The van der Waals surface area contributed by atoms with Gasteiger partial charge in [-0.05, 0) is 18.4 Å². The number of benzene rings is 1. The molecule has 1 aromatic carbocycles. The minimum Gasteiger partial charge on any atom is -0.344 e. The van der Waals surface area contributed by atoms with Crippen molar-refractivity contribution >= 4 is 17.7 Å². The van der Waals surface area contributed by atoms with Gasteiger partial charge in [-0.3, -0.25) is 19.7 Å². The van der Waals surface area contributed by atoms with Gasteiger partial charge < -0.3 is 5.32 Å². The lowest BCUT2D eigenvalue weighted by Gasteiger charge is -2.21. The Kier molecular flexibility index (Phi) is 4.28. The minimum atomic E-state index is -0.582. The Bertz CT molecular complexity index is 485. The third kappa shape index (κ3) is 3.91. The highest BCUT2D eigenvalue weighted by Crippen LogP contribution is 2.06. The predicted molar refractivity (Wildman–Crippen MR) is 69.1 cm³/mol. The molecular weight excluding hydrogens is 244 g/mol. The van der Waals surface area contributed by atoms with E-state index in [1.807, 2.05) is 30.3 Å². The highest BCUT2D eigenvalue weighted by molar-refractivity contribution is 6.01. The van der Waals surface area contributed by atoms with E-state index < -0.39 is 11.9 Å². The van der Waals surface area contributed by atoms with Crippen LogP contribution in [0.3, 0.4) is 0 Å². The van der Waals surface area contributed by atoms with E-state index in [0.717, 1.165) is 5.56 Å². The number of imide groups is 1. The molecule has 0 radical (unpaired) electrons. The fraction of sp³-hybridized carbons (Fsp3) is 0.357. The summed E-state index contributed by atoms with van der Waals surface area (Å²) in [6.07, 6.45) is 1.62. The van der Waals surface area contributed by atoms with E-state index in [9.17, 15) is 14.4 Å². The van der Waals surface area contributed by atoms with Crippen LogP contribution in [0.2, 0.25) is 0 Å². The van der Waals surface area contributed by atoms with Crippen LogP contribution in [0.5, 0.6) is 0 Å². The molecule has 0 bridgehead atoms. The van der Waals surface area contributed by atoms with E-state index in [1.54, 1.807) is 0 Å². The van der Waals surface area contributed by atoms with Crippen molar-refractivity contribution in [2.75, 3.05) is 0 Å². The molecule has 5 heteroatoms. The summed E-state index contributed by atoms with van der Waals surface area (Å²) in [4.78, 5) is 34.2. The number of hydrogen-bond donors (Lipinski definition) is 2. The van der Waals surface area contributed by atoms with Crippen LogP contribution in [0.15, 0.2) is 30.3 Å². The van der Waals surface area contributed by atoms with Gasteiger partial charge in [0.2, 0.25) is 17.7 Å². The van der Waals surface area contributed by atoms with Crippen LogP contribution in [0.4, 0.5) is 0 Å². The van der Waals surface area contributed by atoms with Crippen molar-refractivity contribution in [1.29, 1.82) is 0 Å². The fourth-order valence-electron chi connectivity index (χ4n) is 2.00. The zero-order valence-electron chi connectivity index (χ0n) is 10.5. The minimum absolute atomic E-state index is 0.168. The van der Waals surface area contributed by atoms with Crippen LogP contribution in [-0.2, 0) is 20.8 Å². The molecule has 1 aromatic rings. The van der Waals surface area contributed by atoms with Crippen LogP contribution in [0.25, 0.3) is 0 Å². The number of carbonyl (C=O) groups excluding carboxylic acids is 3. The molecule has 0 saturated carbocycles. The molecule has 2 rings (SSSR count). The van der Waals surface area contributed by atoms with Gasteiger partial charge in [0.15, 0.2) is 0 Å². The summed E-state index contributed by atoms with van der Waals surface area (Å²) in [5.41, 5.74) is 1.08. The van der Waals surface area contributed by atoms with Gasteiger partial charge in [-0.2, -0.15) is 0 Å². The molecule has 3 amide bonds. The first-order valence-corrected chi connectivity index (χ1v) is 6.32. The zero-order valence-corrected chi connectivity index (χ0v) is 10.5. The summed E-state index contributed by atoms with van der Waals surface area (Å²) in [7, 11) is 0. The highest BCUT2D eigenvalue weighted by atomic mass is 16.2. The van der Waals surface area contributed by atoms with Gasteiger partial charge >= 0.3 is 0 Å². The summed E-state index contributed by atoms with van der Waals surface area (Å²) in [6, 6.07) is 9.10. The second-order valence-electron chi connectivity index (χ2n) is 4.56. The maximum absolute atomic E-state index is 11.7. The van der Waals surface area contributed by atoms with Crippen LogP contribution >= 0.6 is 0 Å². The first-order chi connectivity index (χ1) is 9.15. The Labute approximate surface area is 111 Å². The van der Waals surface area contributed by atoms with Gasteiger partial charge in [-0.25, -0.2) is 0 Å². The topological polar surface area (TPSA) is 75.3 Å².